The van der Waals surface area contributed by atoms with Crippen LogP contribution in [0.4, 0.5) is 4.39 Å². The van der Waals surface area contributed by atoms with Crippen molar-refractivity contribution in [3.8, 4) is 0 Å². The normalized spacial score (nSPS) is 11.8. The molecule has 0 aliphatic carbocycles. The molecule has 0 bridgehead atoms. The Bertz CT molecular complexity index is 1120. The van der Waals surface area contributed by atoms with E-state index >= 15 is 0 Å². The molecule has 0 saturated carbocycles. The first-order chi connectivity index (χ1) is 16.2. The highest BCUT2D eigenvalue weighted by molar-refractivity contribution is 6.35. The zero-order valence-electron chi connectivity index (χ0n) is 19.1. The van der Waals surface area contributed by atoms with Crippen LogP contribution in [0.15, 0.2) is 72.8 Å². The van der Waals surface area contributed by atoms with Crippen molar-refractivity contribution in [1.82, 2.24) is 10.2 Å². The number of hydrogen-bond acceptors (Lipinski definition) is 2. The molecule has 0 spiro atoms. The standard InChI is InChI=1S/C27H27Cl2FN2O2/c1-18(2)31-27(34)25(14-19-6-4-3-5-7-19)32(17-21-10-11-22(28)16-24(21)29)26(33)15-20-8-12-23(30)13-9-20/h3-13,16,18,25H,14-15,17H2,1-2H3,(H,31,34). The minimum atomic E-state index is -0.774. The highest BCUT2D eigenvalue weighted by atomic mass is 35.5. The molecule has 7 heteroatoms. The zero-order chi connectivity index (χ0) is 24.7. The van der Waals surface area contributed by atoms with Crippen LogP contribution in [0.1, 0.15) is 30.5 Å². The first-order valence-electron chi connectivity index (χ1n) is 11.0. The quantitative estimate of drug-likeness (QED) is 0.401. The van der Waals surface area contributed by atoms with Crippen LogP contribution in [0.5, 0.6) is 0 Å². The summed E-state index contributed by atoms with van der Waals surface area (Å²) in [5, 5.41) is 3.84. The van der Waals surface area contributed by atoms with Gasteiger partial charge in [-0.05, 0) is 54.8 Å². The average Bonchev–Trinajstić information content (AvgIpc) is 2.79. The maximum absolute atomic E-state index is 13.6. The van der Waals surface area contributed by atoms with Gasteiger partial charge < -0.3 is 10.2 Å². The molecular formula is C27H27Cl2FN2O2. The number of nitrogens with one attached hydrogen (secondary N) is 1. The number of carbonyl (C=O) groups is 2. The van der Waals surface area contributed by atoms with E-state index in [4.69, 9.17) is 23.2 Å². The van der Waals surface area contributed by atoms with E-state index in [9.17, 15) is 14.0 Å². The van der Waals surface area contributed by atoms with Crippen LogP contribution >= 0.6 is 23.2 Å². The summed E-state index contributed by atoms with van der Waals surface area (Å²) in [5.74, 6) is -0.895. The third-order valence-corrected chi connectivity index (χ3v) is 5.91. The van der Waals surface area contributed by atoms with Crippen molar-refractivity contribution in [1.29, 1.82) is 0 Å². The second kappa shape index (κ2) is 12.0. The van der Waals surface area contributed by atoms with Crippen LogP contribution in [-0.4, -0.2) is 28.8 Å². The minimum absolute atomic E-state index is 0.0196. The fourth-order valence-corrected chi connectivity index (χ4v) is 4.11. The van der Waals surface area contributed by atoms with Crippen LogP contribution in [-0.2, 0) is 29.0 Å². The summed E-state index contributed by atoms with van der Waals surface area (Å²) in [6.45, 7) is 3.87. The fraction of sp³-hybridized carbons (Fsp3) is 0.259. The molecule has 2 amide bonds. The number of halogens is 3. The van der Waals surface area contributed by atoms with Gasteiger partial charge in [0.2, 0.25) is 11.8 Å². The van der Waals surface area contributed by atoms with E-state index in [2.05, 4.69) is 5.32 Å². The number of carbonyl (C=O) groups excluding carboxylic acids is 2. The van der Waals surface area contributed by atoms with Crippen LogP contribution in [0.3, 0.4) is 0 Å². The SMILES string of the molecule is CC(C)NC(=O)C(Cc1ccccc1)N(Cc1ccc(Cl)cc1Cl)C(=O)Cc1ccc(F)cc1. The summed E-state index contributed by atoms with van der Waals surface area (Å²) < 4.78 is 13.4. The molecule has 0 aliphatic rings. The van der Waals surface area contributed by atoms with E-state index in [-0.39, 0.29) is 36.6 Å². The van der Waals surface area contributed by atoms with Crippen molar-refractivity contribution in [2.24, 2.45) is 0 Å². The summed E-state index contributed by atoms with van der Waals surface area (Å²) >= 11 is 12.5. The second-order valence-corrected chi connectivity index (χ2v) is 9.27. The summed E-state index contributed by atoms with van der Waals surface area (Å²) in [5.41, 5.74) is 2.25. The summed E-state index contributed by atoms with van der Waals surface area (Å²) in [7, 11) is 0. The number of rotatable bonds is 9. The molecule has 1 atom stereocenters. The summed E-state index contributed by atoms with van der Waals surface area (Å²) in [6, 6.07) is 19.5. The second-order valence-electron chi connectivity index (χ2n) is 8.43. The topological polar surface area (TPSA) is 49.4 Å². The Morgan fingerprint density at radius 1 is 0.941 bits per heavy atom. The largest absolute Gasteiger partial charge is 0.352 e. The Balaban J connectivity index is 1.99. The molecule has 0 heterocycles. The molecule has 0 aromatic heterocycles. The first-order valence-corrected chi connectivity index (χ1v) is 11.8. The van der Waals surface area contributed by atoms with Gasteiger partial charge >= 0.3 is 0 Å². The minimum Gasteiger partial charge on any atom is -0.352 e. The van der Waals surface area contributed by atoms with Gasteiger partial charge in [0, 0.05) is 29.1 Å². The lowest BCUT2D eigenvalue weighted by Crippen LogP contribution is -2.52. The van der Waals surface area contributed by atoms with Crippen LogP contribution in [0.2, 0.25) is 10.0 Å². The third-order valence-electron chi connectivity index (χ3n) is 5.33. The van der Waals surface area contributed by atoms with E-state index in [1.54, 1.807) is 35.2 Å². The maximum Gasteiger partial charge on any atom is 0.243 e. The van der Waals surface area contributed by atoms with Gasteiger partial charge in [0.25, 0.3) is 0 Å². The number of nitrogens with zero attached hydrogens (tertiary/aromatic N) is 1. The first kappa shape index (κ1) is 25.7. The molecule has 0 fully saturated rings. The number of benzene rings is 3. The molecule has 3 aromatic carbocycles. The number of hydrogen-bond donors (Lipinski definition) is 1. The molecule has 0 aliphatic heterocycles. The van der Waals surface area contributed by atoms with Crippen molar-refractivity contribution in [3.63, 3.8) is 0 Å². The van der Waals surface area contributed by atoms with Gasteiger partial charge in [-0.15, -0.1) is 0 Å². The highest BCUT2D eigenvalue weighted by Crippen LogP contribution is 2.24. The highest BCUT2D eigenvalue weighted by Gasteiger charge is 2.31. The molecular weight excluding hydrogens is 474 g/mol. The Morgan fingerprint density at radius 2 is 1.62 bits per heavy atom. The molecule has 1 N–H and O–H groups in total. The van der Waals surface area contributed by atoms with Gasteiger partial charge in [0.1, 0.15) is 11.9 Å². The third kappa shape index (κ3) is 7.31. The van der Waals surface area contributed by atoms with Gasteiger partial charge in [-0.25, -0.2) is 4.39 Å². The van der Waals surface area contributed by atoms with E-state index in [1.807, 2.05) is 44.2 Å². The lowest BCUT2D eigenvalue weighted by molar-refractivity contribution is -0.141. The average molecular weight is 501 g/mol. The van der Waals surface area contributed by atoms with Gasteiger partial charge in [-0.2, -0.15) is 0 Å². The van der Waals surface area contributed by atoms with E-state index in [0.717, 1.165) is 5.56 Å². The van der Waals surface area contributed by atoms with E-state index in [1.165, 1.54) is 12.1 Å². The molecule has 1 unspecified atom stereocenters. The predicted molar refractivity (Wildman–Crippen MR) is 134 cm³/mol. The molecule has 178 valence electrons. The molecule has 4 nitrogen and oxygen atoms in total. The zero-order valence-corrected chi connectivity index (χ0v) is 20.6. The molecule has 0 radical (unpaired) electrons. The van der Waals surface area contributed by atoms with Crippen LogP contribution in [0.25, 0.3) is 0 Å². The predicted octanol–water partition coefficient (Wildman–Crippen LogP) is 5.84. The van der Waals surface area contributed by atoms with Crippen molar-refractivity contribution >= 4 is 35.0 Å². The maximum atomic E-state index is 13.6. The van der Waals surface area contributed by atoms with Crippen LogP contribution < -0.4 is 5.32 Å². The monoisotopic (exact) mass is 500 g/mol. The number of amides is 2. The molecule has 0 saturated heterocycles. The Labute approximate surface area is 209 Å². The lowest BCUT2D eigenvalue weighted by atomic mass is 10.0. The van der Waals surface area contributed by atoms with Gasteiger partial charge in [-0.1, -0.05) is 71.7 Å². The smallest absolute Gasteiger partial charge is 0.243 e. The van der Waals surface area contributed by atoms with Gasteiger partial charge in [0.15, 0.2) is 0 Å². The van der Waals surface area contributed by atoms with E-state index in [0.29, 0.717) is 27.6 Å². The Kier molecular flexibility index (Phi) is 9.08. The van der Waals surface area contributed by atoms with Gasteiger partial charge in [0.05, 0.1) is 6.42 Å². The Hall–Kier alpha value is -2.89. The summed E-state index contributed by atoms with van der Waals surface area (Å²) in [6.07, 6.45) is 0.353. The summed E-state index contributed by atoms with van der Waals surface area (Å²) in [4.78, 5) is 28.5. The molecule has 3 rings (SSSR count). The van der Waals surface area contributed by atoms with Crippen molar-refractivity contribution in [2.45, 2.75) is 45.3 Å². The van der Waals surface area contributed by atoms with Gasteiger partial charge in [-0.3, -0.25) is 9.59 Å². The Morgan fingerprint density at radius 3 is 2.24 bits per heavy atom. The van der Waals surface area contributed by atoms with Crippen molar-refractivity contribution < 1.29 is 14.0 Å². The van der Waals surface area contributed by atoms with Crippen molar-refractivity contribution in [2.75, 3.05) is 0 Å². The van der Waals surface area contributed by atoms with E-state index < -0.39 is 6.04 Å². The molecule has 3 aromatic rings. The molecule has 34 heavy (non-hydrogen) atoms. The fourth-order valence-electron chi connectivity index (χ4n) is 3.65. The van der Waals surface area contributed by atoms with Crippen molar-refractivity contribution in [3.05, 3.63) is 105 Å². The lowest BCUT2D eigenvalue weighted by Gasteiger charge is -2.32. The van der Waals surface area contributed by atoms with Crippen LogP contribution in [0, 0.1) is 5.82 Å².